The normalized spacial score (nSPS) is 15.0. The van der Waals surface area contributed by atoms with Crippen LogP contribution in [0.15, 0.2) is 109 Å². The van der Waals surface area contributed by atoms with Crippen molar-refractivity contribution in [3.8, 4) is 0 Å². The first-order valence-corrected chi connectivity index (χ1v) is 21.8. The number of ether oxygens (including phenoxy) is 2. The van der Waals surface area contributed by atoms with E-state index in [1.165, 1.54) is 24.3 Å². The smallest absolute Gasteiger partial charge is 0.416 e. The first-order chi connectivity index (χ1) is 32.4. The van der Waals surface area contributed by atoms with Gasteiger partial charge in [-0.2, -0.15) is 26.3 Å². The molecule has 336 valence electrons. The molecule has 0 aliphatic heterocycles. The molecule has 18 heteroatoms. The Kier molecular flexibility index (Phi) is 10.6. The Hall–Kier alpha value is -7.96. The molecule has 0 radical (unpaired) electrons. The molecule has 0 saturated carbocycles. The summed E-state index contributed by atoms with van der Waals surface area (Å²) in [5.41, 5.74) is -2.51. The number of hydrogen-bond donors (Lipinski definition) is 0. The van der Waals surface area contributed by atoms with Crippen molar-refractivity contribution in [3.63, 3.8) is 0 Å². The minimum absolute atomic E-state index is 0.0385. The van der Waals surface area contributed by atoms with Gasteiger partial charge < -0.3 is 9.47 Å². The zero-order valence-corrected chi connectivity index (χ0v) is 35.8. The van der Waals surface area contributed by atoms with Gasteiger partial charge in [-0.05, 0) is 70.8 Å². The van der Waals surface area contributed by atoms with E-state index in [1.807, 2.05) is 0 Å². The number of ketones is 4. The predicted molar refractivity (Wildman–Crippen MR) is 239 cm³/mol. The highest BCUT2D eigenvalue weighted by molar-refractivity contribution is 7.22. The van der Waals surface area contributed by atoms with E-state index in [0.717, 1.165) is 46.9 Å². The molecule has 2 aliphatic rings. The van der Waals surface area contributed by atoms with Gasteiger partial charge >= 0.3 is 24.3 Å². The van der Waals surface area contributed by atoms with Gasteiger partial charge in [-0.15, -0.1) is 22.7 Å². The molecular formula is C50H24F6N2O8S2. The van der Waals surface area contributed by atoms with Crippen molar-refractivity contribution in [2.75, 3.05) is 0 Å². The molecule has 0 fully saturated rings. The molecule has 68 heavy (non-hydrogen) atoms. The van der Waals surface area contributed by atoms with Crippen molar-refractivity contribution < 1.29 is 64.6 Å². The fourth-order valence-corrected chi connectivity index (χ4v) is 10.1. The Morgan fingerprint density at radius 3 is 1.25 bits per heavy atom. The van der Waals surface area contributed by atoms with Crippen LogP contribution in [0.3, 0.4) is 0 Å². The van der Waals surface area contributed by atoms with E-state index in [2.05, 4.69) is 9.97 Å². The number of carbonyl (C=O) groups is 6. The number of thiazole rings is 2. The number of Topliss-reactive ketones (excluding diaryl/α,β-unsaturated/α-hetero) is 4. The fraction of sp³-hybridized carbons (Fsp3) is 0.0800. The number of halogens is 6. The Labute approximate surface area is 385 Å². The van der Waals surface area contributed by atoms with E-state index in [0.29, 0.717) is 34.0 Å². The van der Waals surface area contributed by atoms with Gasteiger partial charge in [0.2, 0.25) is 23.1 Å². The average Bonchev–Trinajstić information content (AvgIpc) is 4.07. The number of aromatic nitrogens is 2. The minimum Gasteiger partial charge on any atom is -0.457 e. The van der Waals surface area contributed by atoms with Crippen molar-refractivity contribution in [3.05, 3.63) is 175 Å². The van der Waals surface area contributed by atoms with Gasteiger partial charge in [0, 0.05) is 33.0 Å². The molecule has 0 unspecified atom stereocenters. The first kappa shape index (κ1) is 43.9. The number of alkyl halides is 6. The highest BCUT2D eigenvalue weighted by Crippen LogP contribution is 2.44. The number of allylic oxidation sites excluding steroid dienone is 2. The second kappa shape index (κ2) is 16.4. The number of nitrogens with zero attached hydrogens (tertiary/aromatic N) is 2. The molecular weight excluding hydrogens is 935 g/mol. The molecule has 6 aromatic carbocycles. The van der Waals surface area contributed by atoms with Crippen molar-refractivity contribution in [2.45, 2.75) is 25.6 Å². The van der Waals surface area contributed by atoms with E-state index >= 15 is 0 Å². The molecule has 2 aromatic heterocycles. The Balaban J connectivity index is 1.17. The number of fused-ring (bicyclic) bond motifs is 7. The highest BCUT2D eigenvalue weighted by Gasteiger charge is 2.40. The van der Waals surface area contributed by atoms with Crippen LogP contribution in [0.2, 0.25) is 0 Å². The van der Waals surface area contributed by atoms with Crippen LogP contribution in [0, 0.1) is 0 Å². The van der Waals surface area contributed by atoms with Crippen LogP contribution >= 0.6 is 22.7 Å². The topological polar surface area (TPSA) is 147 Å². The first-order valence-electron chi connectivity index (χ1n) is 20.1. The maximum absolute atomic E-state index is 14.1. The van der Waals surface area contributed by atoms with Gasteiger partial charge in [-0.1, -0.05) is 72.8 Å². The molecule has 0 spiro atoms. The van der Waals surface area contributed by atoms with Crippen molar-refractivity contribution >= 4 is 112 Å². The van der Waals surface area contributed by atoms with Gasteiger partial charge in [0.25, 0.3) is 0 Å². The monoisotopic (exact) mass is 958 g/mol. The third-order valence-corrected chi connectivity index (χ3v) is 13.3. The Morgan fingerprint density at radius 1 is 0.500 bits per heavy atom. The molecule has 2 aliphatic carbocycles. The SMILES string of the molecule is O=C1C(=O)c2cc(C(F)(F)F)ccc2/C1=C/c1nc2c(C(=O)OCc3ccccc3)cc3c(cc(C(=O)OCc4ccccc4)c4nc(/C=C5\C(=O)C(=O)c6cc(C(F)(F)F)ccc65)sc43)c2s1. The predicted octanol–water partition coefficient (Wildman–Crippen LogP) is 11.4. The van der Waals surface area contributed by atoms with Crippen molar-refractivity contribution in [1.82, 2.24) is 9.97 Å². The zero-order valence-electron chi connectivity index (χ0n) is 34.2. The summed E-state index contributed by atoms with van der Waals surface area (Å²) in [5, 5.41) is 0.719. The molecule has 10 nitrogen and oxygen atoms in total. The van der Waals surface area contributed by atoms with E-state index in [1.54, 1.807) is 60.7 Å². The average molecular weight is 959 g/mol. The molecule has 0 bridgehead atoms. The molecule has 0 atom stereocenters. The molecule has 8 aromatic rings. The third kappa shape index (κ3) is 7.76. The Bertz CT molecular complexity index is 3370. The summed E-state index contributed by atoms with van der Waals surface area (Å²) in [6.07, 6.45) is -7.12. The molecule has 2 heterocycles. The second-order valence-electron chi connectivity index (χ2n) is 15.5. The summed E-state index contributed by atoms with van der Waals surface area (Å²) >= 11 is 1.86. The number of esters is 2. The quantitative estimate of drug-likeness (QED) is 0.0624. The molecule has 0 saturated heterocycles. The zero-order chi connectivity index (χ0) is 47.8. The highest BCUT2D eigenvalue weighted by atomic mass is 32.1. The molecule has 10 rings (SSSR count). The number of rotatable bonds is 8. The van der Waals surface area contributed by atoms with E-state index < -0.39 is 69.7 Å². The van der Waals surface area contributed by atoms with Crippen molar-refractivity contribution in [1.29, 1.82) is 0 Å². The van der Waals surface area contributed by atoms with Gasteiger partial charge in [-0.3, -0.25) is 19.2 Å². The fourth-order valence-electron chi connectivity index (χ4n) is 7.95. The van der Waals surface area contributed by atoms with Crippen LogP contribution < -0.4 is 0 Å². The lowest BCUT2D eigenvalue weighted by atomic mass is 10.0. The lowest BCUT2D eigenvalue weighted by Gasteiger charge is -2.10. The van der Waals surface area contributed by atoms with Gasteiger partial charge in [0.05, 0.1) is 42.7 Å². The summed E-state index contributed by atoms with van der Waals surface area (Å²) in [6, 6.07) is 25.1. The number of carbonyl (C=O) groups excluding carboxylic acids is 6. The summed E-state index contributed by atoms with van der Waals surface area (Å²) in [7, 11) is 0. The van der Waals surface area contributed by atoms with Crippen LogP contribution in [0.4, 0.5) is 26.3 Å². The minimum atomic E-state index is -4.79. The van der Waals surface area contributed by atoms with Gasteiger partial charge in [-0.25, -0.2) is 19.6 Å². The lowest BCUT2D eigenvalue weighted by Crippen LogP contribution is -2.08. The van der Waals surface area contributed by atoms with Crippen molar-refractivity contribution in [2.24, 2.45) is 0 Å². The van der Waals surface area contributed by atoms with E-state index in [-0.39, 0.29) is 77.1 Å². The summed E-state index contributed by atoms with van der Waals surface area (Å²) in [6.45, 7) is -0.321. The number of hydrogen-bond acceptors (Lipinski definition) is 12. The standard InChI is InChI=1S/C50H24F6N2O8S2/c51-49(52,53)25-11-13-27-29(15-25)41(59)43(61)31(27)19-37-57-39-35(47(63)65-21-23-7-3-1-4-8-23)17-33-34(45(39)67-37)18-36(48(64)66-22-24-9-5-2-6-10-24)40-46(33)68-38(58-40)20-32-28-14-12-26(50(54,55)56)16-30(28)42(60)44(32)62/h1-20H,21-22H2/b31-19-,32-20-. The third-order valence-electron chi connectivity index (χ3n) is 11.2. The van der Waals surface area contributed by atoms with E-state index in [9.17, 15) is 55.1 Å². The van der Waals surface area contributed by atoms with Crippen LogP contribution in [-0.4, -0.2) is 45.0 Å². The van der Waals surface area contributed by atoms with Crippen LogP contribution in [0.5, 0.6) is 0 Å². The largest absolute Gasteiger partial charge is 0.457 e. The lowest BCUT2D eigenvalue weighted by molar-refractivity contribution is -0.138. The van der Waals surface area contributed by atoms with Gasteiger partial charge in [0.15, 0.2) is 0 Å². The second-order valence-corrected chi connectivity index (χ2v) is 17.5. The molecule has 0 N–H and O–H groups in total. The summed E-state index contributed by atoms with van der Waals surface area (Å²) < 4.78 is 93.6. The van der Waals surface area contributed by atoms with E-state index in [4.69, 9.17) is 9.47 Å². The van der Waals surface area contributed by atoms with Crippen LogP contribution in [0.25, 0.3) is 54.5 Å². The van der Waals surface area contributed by atoms with Crippen LogP contribution in [0.1, 0.15) is 84.8 Å². The van der Waals surface area contributed by atoms with Gasteiger partial charge in [0.1, 0.15) is 23.2 Å². The number of benzene rings is 6. The summed E-state index contributed by atoms with van der Waals surface area (Å²) in [5.74, 6) is -6.15. The maximum atomic E-state index is 14.1. The Morgan fingerprint density at radius 2 is 0.882 bits per heavy atom. The van der Waals surface area contributed by atoms with Crippen LogP contribution in [-0.2, 0) is 44.6 Å². The summed E-state index contributed by atoms with van der Waals surface area (Å²) in [4.78, 5) is 90.3. The maximum Gasteiger partial charge on any atom is 0.416 e. The molecule has 0 amide bonds.